The Morgan fingerprint density at radius 1 is 1.50 bits per heavy atom. The van der Waals surface area contributed by atoms with Gasteiger partial charge < -0.3 is 5.32 Å². The molecule has 0 radical (unpaired) electrons. The summed E-state index contributed by atoms with van der Waals surface area (Å²) in [6.07, 6.45) is 3.32. The lowest BCUT2D eigenvalue weighted by Crippen LogP contribution is -2.31. The molecule has 1 atom stereocenters. The van der Waals surface area contributed by atoms with Crippen molar-refractivity contribution in [3.05, 3.63) is 29.6 Å². The first-order chi connectivity index (χ1) is 7.50. The fourth-order valence-electron chi connectivity index (χ4n) is 1.21. The van der Waals surface area contributed by atoms with Crippen LogP contribution in [0.25, 0.3) is 0 Å². The number of carbonyl (C=O) groups excluding carboxylic acids is 1. The lowest BCUT2D eigenvalue weighted by atomic mass is 10.1. The standard InChI is InChI=1S/C12H17BrN2O/c1-8(2)11(13)7-15-12(16)10-4-9(3)5-14-6-10/h4-6,8,11H,7H2,1-3H3,(H,15,16). The largest absolute Gasteiger partial charge is 0.351 e. The van der Waals surface area contributed by atoms with Crippen molar-refractivity contribution >= 4 is 21.8 Å². The minimum absolute atomic E-state index is 0.0682. The average molecular weight is 285 g/mol. The highest BCUT2D eigenvalue weighted by Crippen LogP contribution is 2.10. The molecule has 4 heteroatoms. The van der Waals surface area contributed by atoms with Crippen LogP contribution in [0, 0.1) is 12.8 Å². The van der Waals surface area contributed by atoms with E-state index in [2.05, 4.69) is 40.1 Å². The number of halogens is 1. The highest BCUT2D eigenvalue weighted by molar-refractivity contribution is 9.09. The van der Waals surface area contributed by atoms with Crippen molar-refractivity contribution in [2.45, 2.75) is 25.6 Å². The number of hydrogen-bond acceptors (Lipinski definition) is 2. The monoisotopic (exact) mass is 284 g/mol. The molecule has 0 spiro atoms. The Hall–Kier alpha value is -0.900. The van der Waals surface area contributed by atoms with Crippen LogP contribution in [-0.2, 0) is 0 Å². The SMILES string of the molecule is Cc1cncc(C(=O)NCC(Br)C(C)C)c1. The third-order valence-corrected chi connectivity index (χ3v) is 3.70. The van der Waals surface area contributed by atoms with Crippen LogP contribution < -0.4 is 5.32 Å². The van der Waals surface area contributed by atoms with Gasteiger partial charge in [-0.25, -0.2) is 0 Å². The van der Waals surface area contributed by atoms with Crippen LogP contribution in [0.2, 0.25) is 0 Å². The zero-order valence-corrected chi connectivity index (χ0v) is 11.4. The Labute approximate surface area is 105 Å². The second-order valence-corrected chi connectivity index (χ2v) is 5.40. The Morgan fingerprint density at radius 2 is 2.19 bits per heavy atom. The molecular formula is C12H17BrN2O. The number of hydrogen-bond donors (Lipinski definition) is 1. The average Bonchev–Trinajstić information content (AvgIpc) is 2.25. The zero-order chi connectivity index (χ0) is 12.1. The van der Waals surface area contributed by atoms with E-state index >= 15 is 0 Å². The van der Waals surface area contributed by atoms with Crippen LogP contribution in [0.3, 0.4) is 0 Å². The van der Waals surface area contributed by atoms with Crippen LogP contribution in [0.15, 0.2) is 18.5 Å². The normalized spacial score (nSPS) is 12.6. The number of pyridine rings is 1. The van der Waals surface area contributed by atoms with Gasteiger partial charge in [0.25, 0.3) is 5.91 Å². The van der Waals surface area contributed by atoms with Crippen molar-refractivity contribution in [3.63, 3.8) is 0 Å². The highest BCUT2D eigenvalue weighted by atomic mass is 79.9. The van der Waals surface area contributed by atoms with E-state index < -0.39 is 0 Å². The smallest absolute Gasteiger partial charge is 0.252 e. The van der Waals surface area contributed by atoms with Crippen molar-refractivity contribution in [2.75, 3.05) is 6.54 Å². The minimum atomic E-state index is -0.0682. The van der Waals surface area contributed by atoms with E-state index in [1.54, 1.807) is 12.4 Å². The third-order valence-electron chi connectivity index (χ3n) is 2.32. The Balaban J connectivity index is 2.53. The van der Waals surface area contributed by atoms with E-state index in [0.717, 1.165) is 5.56 Å². The second-order valence-electron chi connectivity index (χ2n) is 4.22. The quantitative estimate of drug-likeness (QED) is 0.864. The molecule has 0 bridgehead atoms. The van der Waals surface area contributed by atoms with E-state index in [1.807, 2.05) is 13.0 Å². The fraction of sp³-hybridized carbons (Fsp3) is 0.500. The lowest BCUT2D eigenvalue weighted by molar-refractivity contribution is 0.0952. The summed E-state index contributed by atoms with van der Waals surface area (Å²) >= 11 is 3.53. The molecule has 0 aliphatic carbocycles. The van der Waals surface area contributed by atoms with Gasteiger partial charge in [-0.2, -0.15) is 0 Å². The van der Waals surface area contributed by atoms with Crippen molar-refractivity contribution in [1.82, 2.24) is 10.3 Å². The third kappa shape index (κ3) is 3.93. The summed E-state index contributed by atoms with van der Waals surface area (Å²) in [7, 11) is 0. The predicted molar refractivity (Wildman–Crippen MR) is 68.9 cm³/mol. The molecule has 1 amide bonds. The van der Waals surface area contributed by atoms with E-state index in [-0.39, 0.29) is 5.91 Å². The summed E-state index contributed by atoms with van der Waals surface area (Å²) in [5.41, 5.74) is 1.61. The first-order valence-electron chi connectivity index (χ1n) is 5.34. The number of carbonyl (C=O) groups is 1. The molecule has 1 aromatic rings. The number of nitrogens with zero attached hydrogens (tertiary/aromatic N) is 1. The van der Waals surface area contributed by atoms with Crippen LogP contribution in [0.1, 0.15) is 29.8 Å². The zero-order valence-electron chi connectivity index (χ0n) is 9.83. The van der Waals surface area contributed by atoms with Gasteiger partial charge in [-0.1, -0.05) is 29.8 Å². The highest BCUT2D eigenvalue weighted by Gasteiger charge is 2.11. The van der Waals surface area contributed by atoms with Gasteiger partial charge in [-0.3, -0.25) is 9.78 Å². The number of rotatable bonds is 4. The first-order valence-corrected chi connectivity index (χ1v) is 6.26. The van der Waals surface area contributed by atoms with Crippen molar-refractivity contribution in [2.24, 2.45) is 5.92 Å². The van der Waals surface area contributed by atoms with Crippen LogP contribution in [0.4, 0.5) is 0 Å². The molecule has 1 rings (SSSR count). The number of nitrogens with one attached hydrogen (secondary N) is 1. The van der Waals surface area contributed by atoms with E-state index in [4.69, 9.17) is 0 Å². The van der Waals surface area contributed by atoms with Gasteiger partial charge in [0.2, 0.25) is 0 Å². The van der Waals surface area contributed by atoms with E-state index in [9.17, 15) is 4.79 Å². The summed E-state index contributed by atoms with van der Waals surface area (Å²) in [5.74, 6) is 0.428. The maximum atomic E-state index is 11.8. The Kier molecular flexibility index (Phi) is 4.93. The summed E-state index contributed by atoms with van der Waals surface area (Å²) < 4.78 is 0. The summed E-state index contributed by atoms with van der Waals surface area (Å²) in [4.78, 5) is 16.0. The first kappa shape index (κ1) is 13.2. The molecule has 0 saturated carbocycles. The maximum absolute atomic E-state index is 11.8. The van der Waals surface area contributed by atoms with Crippen LogP contribution >= 0.6 is 15.9 Å². The molecule has 0 saturated heterocycles. The van der Waals surface area contributed by atoms with Gasteiger partial charge in [0.1, 0.15) is 0 Å². The molecule has 0 aliphatic heterocycles. The minimum Gasteiger partial charge on any atom is -0.351 e. The Bertz CT molecular complexity index is 366. The molecule has 1 heterocycles. The summed E-state index contributed by atoms with van der Waals surface area (Å²) in [5, 5.41) is 2.88. The molecule has 3 nitrogen and oxygen atoms in total. The lowest BCUT2D eigenvalue weighted by Gasteiger charge is -2.14. The molecule has 1 unspecified atom stereocenters. The predicted octanol–water partition coefficient (Wildman–Crippen LogP) is 2.54. The molecule has 16 heavy (non-hydrogen) atoms. The molecule has 0 fully saturated rings. The van der Waals surface area contributed by atoms with Crippen molar-refractivity contribution < 1.29 is 4.79 Å². The van der Waals surface area contributed by atoms with Gasteiger partial charge in [0.15, 0.2) is 0 Å². The summed E-state index contributed by atoms with van der Waals surface area (Å²) in [6, 6.07) is 1.83. The maximum Gasteiger partial charge on any atom is 0.252 e. The van der Waals surface area contributed by atoms with E-state index in [1.165, 1.54) is 0 Å². The van der Waals surface area contributed by atoms with Crippen molar-refractivity contribution in [1.29, 1.82) is 0 Å². The topological polar surface area (TPSA) is 42.0 Å². The Morgan fingerprint density at radius 3 is 2.75 bits per heavy atom. The molecular weight excluding hydrogens is 268 g/mol. The number of aromatic nitrogens is 1. The van der Waals surface area contributed by atoms with Gasteiger partial charge in [0.05, 0.1) is 5.56 Å². The fourth-order valence-corrected chi connectivity index (χ4v) is 1.37. The number of alkyl halides is 1. The molecule has 1 aromatic heterocycles. The molecule has 88 valence electrons. The van der Waals surface area contributed by atoms with Crippen LogP contribution in [0.5, 0.6) is 0 Å². The van der Waals surface area contributed by atoms with Gasteiger partial charge in [-0.15, -0.1) is 0 Å². The van der Waals surface area contributed by atoms with E-state index in [0.29, 0.717) is 22.9 Å². The summed E-state index contributed by atoms with van der Waals surface area (Å²) in [6.45, 7) is 6.77. The van der Waals surface area contributed by atoms with Gasteiger partial charge >= 0.3 is 0 Å². The van der Waals surface area contributed by atoms with Crippen LogP contribution in [-0.4, -0.2) is 22.3 Å². The molecule has 0 aromatic carbocycles. The van der Waals surface area contributed by atoms with Gasteiger partial charge in [0, 0.05) is 23.8 Å². The molecule has 0 aliphatic rings. The number of aryl methyl sites for hydroxylation is 1. The molecule has 1 N–H and O–H groups in total. The second kappa shape index (κ2) is 5.99. The van der Waals surface area contributed by atoms with Gasteiger partial charge in [-0.05, 0) is 24.5 Å². The van der Waals surface area contributed by atoms with Crippen molar-refractivity contribution in [3.8, 4) is 0 Å². The number of amides is 1.